The first-order valence-electron chi connectivity index (χ1n) is 11.5. The van der Waals surface area contributed by atoms with Crippen LogP contribution in [0.1, 0.15) is 64.5 Å². The fourth-order valence-corrected chi connectivity index (χ4v) is 4.92. The normalized spacial score (nSPS) is 18.9. The van der Waals surface area contributed by atoms with Crippen molar-refractivity contribution in [1.29, 1.82) is 0 Å². The van der Waals surface area contributed by atoms with Crippen molar-refractivity contribution in [2.45, 2.75) is 58.9 Å². The molecule has 0 spiro atoms. The second kappa shape index (κ2) is 13.1. The monoisotopic (exact) mass is 472 g/mol. The summed E-state index contributed by atoms with van der Waals surface area (Å²) in [6, 6.07) is 3.98. The van der Waals surface area contributed by atoms with Gasteiger partial charge in [-0.2, -0.15) is 0 Å². The highest BCUT2D eigenvalue weighted by Crippen LogP contribution is 2.40. The van der Waals surface area contributed by atoms with Crippen molar-refractivity contribution >= 4 is 16.0 Å². The number of benzene rings is 1. The molecule has 1 unspecified atom stereocenters. The van der Waals surface area contributed by atoms with Crippen LogP contribution in [0.5, 0.6) is 5.75 Å². The van der Waals surface area contributed by atoms with Crippen molar-refractivity contribution in [2.75, 3.05) is 32.1 Å². The van der Waals surface area contributed by atoms with Gasteiger partial charge in [0.25, 0.3) is 0 Å². The number of esters is 1. The average molecular weight is 473 g/mol. The Morgan fingerprint density at radius 1 is 1.28 bits per heavy atom. The third-order valence-electron chi connectivity index (χ3n) is 5.68. The van der Waals surface area contributed by atoms with Gasteiger partial charge in [-0.1, -0.05) is 19.4 Å². The molecule has 0 heterocycles. The Balaban J connectivity index is 1.70. The summed E-state index contributed by atoms with van der Waals surface area (Å²) in [5.74, 6) is 0.839. The van der Waals surface area contributed by atoms with Gasteiger partial charge in [0.2, 0.25) is 10.0 Å². The van der Waals surface area contributed by atoms with E-state index in [1.54, 1.807) is 26.0 Å². The molecule has 3 atom stereocenters. The quantitative estimate of drug-likeness (QED) is 0.282. The minimum Gasteiger partial charge on any atom is -0.490 e. The Labute approximate surface area is 191 Å². The second-order valence-corrected chi connectivity index (χ2v) is 10.4. The zero-order valence-electron chi connectivity index (χ0n) is 19.4. The van der Waals surface area contributed by atoms with Gasteiger partial charge in [-0.25, -0.2) is 17.5 Å². The van der Waals surface area contributed by atoms with Crippen LogP contribution >= 0.6 is 0 Å². The molecule has 182 valence electrons. The van der Waals surface area contributed by atoms with Crippen molar-refractivity contribution in [3.8, 4) is 5.75 Å². The number of carbonyl (C=O) groups is 1. The van der Waals surface area contributed by atoms with Crippen LogP contribution in [-0.4, -0.2) is 46.4 Å². The van der Waals surface area contributed by atoms with E-state index in [0.717, 1.165) is 25.2 Å². The van der Waals surface area contributed by atoms with Crippen LogP contribution < -0.4 is 14.8 Å². The molecule has 7 nitrogen and oxygen atoms in total. The Bertz CT molecular complexity index is 834. The van der Waals surface area contributed by atoms with E-state index < -0.39 is 21.9 Å². The highest BCUT2D eigenvalue weighted by atomic mass is 32.2. The number of hydrogen-bond donors (Lipinski definition) is 2. The van der Waals surface area contributed by atoms with Crippen molar-refractivity contribution in [2.24, 2.45) is 11.8 Å². The predicted molar refractivity (Wildman–Crippen MR) is 122 cm³/mol. The lowest BCUT2D eigenvalue weighted by molar-refractivity contribution is -0.141. The van der Waals surface area contributed by atoms with Crippen molar-refractivity contribution in [3.63, 3.8) is 0 Å². The number of rotatable bonds is 16. The number of carbonyl (C=O) groups excluding carboxylic acids is 1. The van der Waals surface area contributed by atoms with E-state index in [0.29, 0.717) is 37.7 Å². The van der Waals surface area contributed by atoms with Crippen molar-refractivity contribution < 1.29 is 27.1 Å². The summed E-state index contributed by atoms with van der Waals surface area (Å²) in [6.07, 6.45) is 4.11. The third-order valence-corrected chi connectivity index (χ3v) is 7.21. The standard InChI is InChI=1S/C23H37FN2O5S/c1-4-30-23(27)16-25-11-6-5-7-13-32(28,29)26-18(3)20-8-9-21(24)22(15-20)31-12-10-19-14-17(19)2/h8-9,15,17-19,25-26H,4-7,10-14,16H2,1-3H3/t17-,18+,19?/m1/s1. The molecule has 0 saturated heterocycles. The van der Waals surface area contributed by atoms with Gasteiger partial charge in [0.15, 0.2) is 11.6 Å². The molecule has 32 heavy (non-hydrogen) atoms. The molecular formula is C23H37FN2O5S. The van der Waals surface area contributed by atoms with E-state index >= 15 is 0 Å². The van der Waals surface area contributed by atoms with Crippen LogP contribution in [0.2, 0.25) is 0 Å². The van der Waals surface area contributed by atoms with E-state index in [2.05, 4.69) is 17.0 Å². The maximum Gasteiger partial charge on any atom is 0.319 e. The first-order valence-corrected chi connectivity index (χ1v) is 13.2. The molecule has 1 aliphatic carbocycles. The minimum absolute atomic E-state index is 0.0132. The van der Waals surface area contributed by atoms with Crippen LogP contribution in [0, 0.1) is 17.7 Å². The van der Waals surface area contributed by atoms with E-state index in [1.165, 1.54) is 12.5 Å². The molecule has 0 aromatic heterocycles. The van der Waals surface area contributed by atoms with E-state index in [9.17, 15) is 17.6 Å². The molecule has 1 aromatic rings. The predicted octanol–water partition coefficient (Wildman–Crippen LogP) is 3.55. The highest BCUT2D eigenvalue weighted by molar-refractivity contribution is 7.89. The van der Waals surface area contributed by atoms with Crippen LogP contribution in [-0.2, 0) is 19.6 Å². The van der Waals surface area contributed by atoms with Gasteiger partial charge in [0.05, 0.1) is 25.5 Å². The number of nitrogens with one attached hydrogen (secondary N) is 2. The lowest BCUT2D eigenvalue weighted by Crippen LogP contribution is -2.29. The van der Waals surface area contributed by atoms with Gasteiger partial charge >= 0.3 is 5.97 Å². The number of unbranched alkanes of at least 4 members (excludes halogenated alkanes) is 2. The number of hydrogen-bond acceptors (Lipinski definition) is 6. The molecular weight excluding hydrogens is 435 g/mol. The summed E-state index contributed by atoms with van der Waals surface area (Å²) in [6.45, 7) is 7.30. The largest absolute Gasteiger partial charge is 0.490 e. The Kier molecular flexibility index (Phi) is 10.9. The summed E-state index contributed by atoms with van der Waals surface area (Å²) in [5.41, 5.74) is 0.660. The van der Waals surface area contributed by atoms with Crippen LogP contribution in [0.25, 0.3) is 0 Å². The summed E-state index contributed by atoms with van der Waals surface area (Å²) in [5, 5.41) is 2.98. The van der Waals surface area contributed by atoms with E-state index in [-0.39, 0.29) is 24.0 Å². The van der Waals surface area contributed by atoms with Gasteiger partial charge in [0, 0.05) is 6.04 Å². The molecule has 0 bridgehead atoms. The number of sulfonamides is 1. The topological polar surface area (TPSA) is 93.7 Å². The van der Waals surface area contributed by atoms with Crippen molar-refractivity contribution in [1.82, 2.24) is 10.0 Å². The zero-order valence-corrected chi connectivity index (χ0v) is 20.2. The zero-order chi connectivity index (χ0) is 23.6. The molecule has 0 radical (unpaired) electrons. The van der Waals surface area contributed by atoms with Crippen LogP contribution in [0.15, 0.2) is 18.2 Å². The summed E-state index contributed by atoms with van der Waals surface area (Å²) >= 11 is 0. The molecule has 2 rings (SSSR count). The smallest absolute Gasteiger partial charge is 0.319 e. The summed E-state index contributed by atoms with van der Waals surface area (Å²) in [7, 11) is -3.47. The summed E-state index contributed by atoms with van der Waals surface area (Å²) < 4.78 is 52.0. The molecule has 1 aliphatic rings. The molecule has 1 aromatic carbocycles. The molecule has 0 aliphatic heterocycles. The van der Waals surface area contributed by atoms with Gasteiger partial charge < -0.3 is 14.8 Å². The van der Waals surface area contributed by atoms with Gasteiger partial charge in [0.1, 0.15) is 0 Å². The Morgan fingerprint density at radius 2 is 2.03 bits per heavy atom. The minimum atomic E-state index is -3.47. The highest BCUT2D eigenvalue weighted by Gasteiger charge is 2.31. The Morgan fingerprint density at radius 3 is 2.72 bits per heavy atom. The van der Waals surface area contributed by atoms with Gasteiger partial charge in [-0.15, -0.1) is 0 Å². The molecule has 1 fully saturated rings. The first kappa shape index (κ1) is 26.5. The molecule has 9 heteroatoms. The van der Waals surface area contributed by atoms with Gasteiger partial charge in [-0.3, -0.25) is 4.79 Å². The first-order chi connectivity index (χ1) is 15.2. The molecule has 1 saturated carbocycles. The lowest BCUT2D eigenvalue weighted by Gasteiger charge is -2.16. The third kappa shape index (κ3) is 9.83. The SMILES string of the molecule is CCOC(=O)CNCCCCCS(=O)(=O)N[C@@H](C)c1ccc(F)c(OCCC2C[C@H]2C)c1. The number of halogens is 1. The second-order valence-electron chi connectivity index (χ2n) is 8.50. The molecule has 0 amide bonds. The fourth-order valence-electron chi connectivity index (χ4n) is 3.54. The lowest BCUT2D eigenvalue weighted by atomic mass is 10.1. The fraction of sp³-hybridized carbons (Fsp3) is 0.696. The van der Waals surface area contributed by atoms with Gasteiger partial charge in [-0.05, 0) is 75.6 Å². The maximum atomic E-state index is 14.1. The number of ether oxygens (including phenoxy) is 2. The van der Waals surface area contributed by atoms with Crippen LogP contribution in [0.3, 0.4) is 0 Å². The summed E-state index contributed by atoms with van der Waals surface area (Å²) in [4.78, 5) is 11.2. The van der Waals surface area contributed by atoms with E-state index in [1.807, 2.05) is 0 Å². The molecule has 2 N–H and O–H groups in total. The van der Waals surface area contributed by atoms with E-state index in [4.69, 9.17) is 9.47 Å². The Hall–Kier alpha value is -1.71. The average Bonchev–Trinajstić information content (AvgIpc) is 3.43. The van der Waals surface area contributed by atoms with Crippen LogP contribution in [0.4, 0.5) is 4.39 Å². The maximum absolute atomic E-state index is 14.1. The van der Waals surface area contributed by atoms with Crippen molar-refractivity contribution in [3.05, 3.63) is 29.6 Å².